The predicted octanol–water partition coefficient (Wildman–Crippen LogP) is 5.31. The molecule has 1 N–H and O–H groups in total. The van der Waals surface area contributed by atoms with Crippen LogP contribution in [0, 0.1) is 0 Å². The number of nitrogens with zero attached hydrogens (tertiary/aromatic N) is 3. The number of amides is 2. The topological polar surface area (TPSA) is 80.5 Å². The van der Waals surface area contributed by atoms with E-state index in [1.165, 1.54) is 0 Å². The van der Waals surface area contributed by atoms with E-state index in [4.69, 9.17) is 20.9 Å². The summed E-state index contributed by atoms with van der Waals surface area (Å²) in [6.45, 7) is 4.53. The normalized spacial score (nSPS) is 16.5. The average molecular weight is 439 g/mol. The van der Waals surface area contributed by atoms with E-state index >= 15 is 0 Å². The predicted molar refractivity (Wildman–Crippen MR) is 119 cm³/mol. The summed E-state index contributed by atoms with van der Waals surface area (Å²) in [4.78, 5) is 19.1. The highest BCUT2D eigenvalue weighted by atomic mass is 35.5. The molecule has 31 heavy (non-hydrogen) atoms. The fourth-order valence-corrected chi connectivity index (χ4v) is 3.77. The maximum Gasteiger partial charge on any atom is 0.322 e. The molecular formula is C23H23ClN4O3. The summed E-state index contributed by atoms with van der Waals surface area (Å²) >= 11 is 6.06. The standard InChI is InChI=1S/C23H23ClN4O3/c1-4-13-28-14(2)19(20(25-23(28)29)15-5-9-17(24)10-6-15)22-26-21(27-31-22)16-7-11-18(30-3)12-8-16/h5-12,20H,4,13H2,1-3H3,(H,25,29). The minimum atomic E-state index is -0.429. The van der Waals surface area contributed by atoms with E-state index in [0.717, 1.165) is 34.6 Å². The van der Waals surface area contributed by atoms with E-state index < -0.39 is 6.04 Å². The van der Waals surface area contributed by atoms with Gasteiger partial charge in [-0.1, -0.05) is 35.8 Å². The summed E-state index contributed by atoms with van der Waals surface area (Å²) in [5.74, 6) is 1.58. The second-order valence-corrected chi connectivity index (χ2v) is 7.67. The number of hydrogen-bond donors (Lipinski definition) is 1. The number of rotatable bonds is 6. The van der Waals surface area contributed by atoms with Crippen LogP contribution in [0.3, 0.4) is 0 Å². The fraction of sp³-hybridized carbons (Fsp3) is 0.261. The lowest BCUT2D eigenvalue weighted by molar-refractivity contribution is 0.205. The van der Waals surface area contributed by atoms with Gasteiger partial charge >= 0.3 is 6.03 Å². The molecule has 2 amide bonds. The zero-order valence-corrected chi connectivity index (χ0v) is 18.3. The van der Waals surface area contributed by atoms with Gasteiger partial charge < -0.3 is 14.6 Å². The first-order valence-electron chi connectivity index (χ1n) is 10.0. The number of ether oxygens (including phenoxy) is 1. The van der Waals surface area contributed by atoms with Gasteiger partial charge in [-0.15, -0.1) is 0 Å². The summed E-state index contributed by atoms with van der Waals surface area (Å²) < 4.78 is 10.9. The number of methoxy groups -OCH3 is 1. The van der Waals surface area contributed by atoms with Crippen molar-refractivity contribution in [2.24, 2.45) is 0 Å². The number of carbonyl (C=O) groups excluding carboxylic acids is 1. The average Bonchev–Trinajstić information content (AvgIpc) is 3.26. The Morgan fingerprint density at radius 1 is 1.16 bits per heavy atom. The molecule has 1 aromatic heterocycles. The van der Waals surface area contributed by atoms with Gasteiger partial charge in [0.2, 0.25) is 5.82 Å². The van der Waals surface area contributed by atoms with Crippen molar-refractivity contribution in [3.05, 3.63) is 70.7 Å². The molecule has 7 nitrogen and oxygen atoms in total. The molecule has 1 aliphatic rings. The minimum absolute atomic E-state index is 0.155. The first kappa shape index (κ1) is 20.9. The summed E-state index contributed by atoms with van der Waals surface area (Å²) in [6, 6.07) is 14.2. The number of urea groups is 1. The Hall–Kier alpha value is -3.32. The molecule has 0 aliphatic carbocycles. The van der Waals surface area contributed by atoms with Crippen LogP contribution in [0.2, 0.25) is 5.02 Å². The molecule has 0 spiro atoms. The van der Waals surface area contributed by atoms with Crippen LogP contribution >= 0.6 is 11.6 Å². The van der Waals surface area contributed by atoms with E-state index in [1.807, 2.05) is 50.2 Å². The molecule has 0 radical (unpaired) electrons. The highest BCUT2D eigenvalue weighted by Gasteiger charge is 2.35. The van der Waals surface area contributed by atoms with Crippen molar-refractivity contribution in [2.45, 2.75) is 26.3 Å². The highest BCUT2D eigenvalue weighted by Crippen LogP contribution is 2.37. The smallest absolute Gasteiger partial charge is 0.322 e. The molecule has 0 bridgehead atoms. The van der Waals surface area contributed by atoms with Crippen LogP contribution in [0.1, 0.15) is 37.8 Å². The van der Waals surface area contributed by atoms with Gasteiger partial charge in [0.1, 0.15) is 5.75 Å². The van der Waals surface area contributed by atoms with Gasteiger partial charge in [-0.3, -0.25) is 4.90 Å². The van der Waals surface area contributed by atoms with E-state index in [0.29, 0.717) is 23.3 Å². The zero-order valence-electron chi connectivity index (χ0n) is 17.6. The summed E-state index contributed by atoms with van der Waals surface area (Å²) in [7, 11) is 1.62. The second-order valence-electron chi connectivity index (χ2n) is 7.24. The van der Waals surface area contributed by atoms with Crippen LogP contribution in [0.5, 0.6) is 5.75 Å². The Balaban J connectivity index is 1.78. The number of nitrogens with one attached hydrogen (secondary N) is 1. The minimum Gasteiger partial charge on any atom is -0.497 e. The molecule has 0 saturated heterocycles. The summed E-state index contributed by atoms with van der Waals surface area (Å²) in [6.07, 6.45) is 0.824. The van der Waals surface area contributed by atoms with Crippen molar-refractivity contribution >= 4 is 23.2 Å². The Bertz CT molecular complexity index is 1110. The zero-order chi connectivity index (χ0) is 22.0. The number of carbonyl (C=O) groups is 1. The molecule has 1 aliphatic heterocycles. The summed E-state index contributed by atoms with van der Waals surface area (Å²) in [5, 5.41) is 7.87. The van der Waals surface area contributed by atoms with Gasteiger partial charge in [0.25, 0.3) is 5.89 Å². The first-order chi connectivity index (χ1) is 15.0. The van der Waals surface area contributed by atoms with Crippen molar-refractivity contribution in [3.8, 4) is 17.1 Å². The third kappa shape index (κ3) is 4.14. The number of allylic oxidation sites excluding steroid dienone is 1. The lowest BCUT2D eigenvalue weighted by Gasteiger charge is -2.35. The molecule has 0 fully saturated rings. The Labute approximate surface area is 185 Å². The van der Waals surface area contributed by atoms with Crippen molar-refractivity contribution in [3.63, 3.8) is 0 Å². The number of halogens is 1. The molecule has 2 aromatic carbocycles. The van der Waals surface area contributed by atoms with Crippen LogP contribution in [-0.4, -0.2) is 34.7 Å². The van der Waals surface area contributed by atoms with Crippen LogP contribution < -0.4 is 10.1 Å². The van der Waals surface area contributed by atoms with Crippen molar-refractivity contribution in [1.29, 1.82) is 0 Å². The van der Waals surface area contributed by atoms with Gasteiger partial charge in [-0.25, -0.2) is 4.79 Å². The molecule has 0 saturated carbocycles. The number of benzene rings is 2. The van der Waals surface area contributed by atoms with Crippen molar-refractivity contribution in [1.82, 2.24) is 20.4 Å². The third-order valence-electron chi connectivity index (χ3n) is 5.25. The van der Waals surface area contributed by atoms with Crippen LogP contribution in [-0.2, 0) is 0 Å². The molecule has 4 rings (SSSR count). The maximum absolute atomic E-state index is 12.8. The first-order valence-corrected chi connectivity index (χ1v) is 10.4. The fourth-order valence-electron chi connectivity index (χ4n) is 3.65. The third-order valence-corrected chi connectivity index (χ3v) is 5.50. The maximum atomic E-state index is 12.8. The van der Waals surface area contributed by atoms with Crippen molar-refractivity contribution in [2.75, 3.05) is 13.7 Å². The van der Waals surface area contributed by atoms with E-state index in [-0.39, 0.29) is 6.03 Å². The molecule has 160 valence electrons. The quantitative estimate of drug-likeness (QED) is 0.564. The number of hydrogen-bond acceptors (Lipinski definition) is 5. The molecule has 1 unspecified atom stereocenters. The van der Waals surface area contributed by atoms with Gasteiger partial charge in [0.05, 0.1) is 18.7 Å². The van der Waals surface area contributed by atoms with E-state index in [2.05, 4.69) is 15.5 Å². The molecule has 1 atom stereocenters. The lowest BCUT2D eigenvalue weighted by atomic mass is 9.94. The van der Waals surface area contributed by atoms with Crippen LogP contribution in [0.15, 0.2) is 58.8 Å². The molecule has 2 heterocycles. The Morgan fingerprint density at radius 2 is 1.87 bits per heavy atom. The van der Waals surface area contributed by atoms with Gasteiger partial charge in [0, 0.05) is 22.8 Å². The number of aromatic nitrogens is 2. The molecule has 3 aromatic rings. The van der Waals surface area contributed by atoms with Gasteiger partial charge in [-0.2, -0.15) is 4.98 Å². The van der Waals surface area contributed by atoms with E-state index in [1.54, 1.807) is 24.1 Å². The largest absolute Gasteiger partial charge is 0.497 e. The Morgan fingerprint density at radius 3 is 2.52 bits per heavy atom. The van der Waals surface area contributed by atoms with Gasteiger partial charge in [0.15, 0.2) is 0 Å². The Kier molecular flexibility index (Phi) is 5.95. The molecule has 8 heteroatoms. The second kappa shape index (κ2) is 8.81. The van der Waals surface area contributed by atoms with Crippen molar-refractivity contribution < 1.29 is 14.1 Å². The van der Waals surface area contributed by atoms with E-state index in [9.17, 15) is 4.79 Å². The molecular weight excluding hydrogens is 416 g/mol. The SMILES string of the molecule is CCCN1C(=O)NC(c2ccc(Cl)cc2)C(c2nc(-c3ccc(OC)cc3)no2)=C1C. The lowest BCUT2D eigenvalue weighted by Crippen LogP contribution is -2.46. The summed E-state index contributed by atoms with van der Waals surface area (Å²) in [5.41, 5.74) is 3.24. The van der Waals surface area contributed by atoms with Gasteiger partial charge in [-0.05, 0) is 55.3 Å². The monoisotopic (exact) mass is 438 g/mol. The van der Waals surface area contributed by atoms with Crippen LogP contribution in [0.25, 0.3) is 17.0 Å². The van der Waals surface area contributed by atoms with Crippen LogP contribution in [0.4, 0.5) is 4.79 Å². The highest BCUT2D eigenvalue weighted by molar-refractivity contribution is 6.30.